The van der Waals surface area contributed by atoms with E-state index in [4.69, 9.17) is 4.74 Å². The molecular formula is C6H7N3O3. The molecule has 0 fully saturated rings. The lowest BCUT2D eigenvalue weighted by atomic mass is 10.4. The molecule has 1 aromatic rings. The van der Waals surface area contributed by atoms with E-state index in [2.05, 4.69) is 4.98 Å². The Morgan fingerprint density at radius 2 is 2.67 bits per heavy atom. The van der Waals surface area contributed by atoms with Gasteiger partial charge in [0.15, 0.2) is 0 Å². The molecule has 0 radical (unpaired) electrons. The molecule has 1 atom stereocenters. The predicted molar refractivity (Wildman–Crippen MR) is 39.0 cm³/mol. The molecule has 0 aromatic carbocycles. The molecule has 0 saturated heterocycles. The highest BCUT2D eigenvalue weighted by Crippen LogP contribution is 2.30. The van der Waals surface area contributed by atoms with Gasteiger partial charge in [0.25, 0.3) is 5.88 Å². The average molecular weight is 169 g/mol. The topological polar surface area (TPSA) is 70.2 Å². The maximum absolute atomic E-state index is 10.4. The first-order chi connectivity index (χ1) is 5.68. The van der Waals surface area contributed by atoms with Crippen LogP contribution in [0.25, 0.3) is 0 Å². The first-order valence-corrected chi connectivity index (χ1v) is 3.54. The van der Waals surface area contributed by atoms with Crippen LogP contribution in [0, 0.1) is 10.1 Å². The zero-order chi connectivity index (χ0) is 8.72. The van der Waals surface area contributed by atoms with Gasteiger partial charge in [-0.2, -0.15) is 0 Å². The minimum atomic E-state index is -0.538. The van der Waals surface area contributed by atoms with Crippen LogP contribution in [0.1, 0.15) is 6.92 Å². The summed E-state index contributed by atoms with van der Waals surface area (Å²) < 4.78 is 6.84. The van der Waals surface area contributed by atoms with Crippen LogP contribution in [0.5, 0.6) is 5.88 Å². The molecule has 2 heterocycles. The number of ether oxygens (including phenoxy) is 1. The van der Waals surface area contributed by atoms with Gasteiger partial charge in [-0.1, -0.05) is 0 Å². The average Bonchev–Trinajstić information content (AvgIpc) is 2.43. The molecule has 0 saturated carbocycles. The van der Waals surface area contributed by atoms with Crippen molar-refractivity contribution in [2.75, 3.05) is 0 Å². The minimum Gasteiger partial charge on any atom is -0.468 e. The van der Waals surface area contributed by atoms with E-state index < -0.39 is 4.92 Å². The Hall–Kier alpha value is -1.59. The van der Waals surface area contributed by atoms with E-state index >= 15 is 0 Å². The van der Waals surface area contributed by atoms with Crippen molar-refractivity contribution in [2.45, 2.75) is 19.6 Å². The molecule has 0 spiro atoms. The number of nitro groups is 1. The molecule has 0 bridgehead atoms. The van der Waals surface area contributed by atoms with Gasteiger partial charge in [-0.3, -0.25) is 4.57 Å². The summed E-state index contributed by atoms with van der Waals surface area (Å²) in [4.78, 5) is 13.5. The van der Waals surface area contributed by atoms with Crippen LogP contribution in [0.4, 0.5) is 5.82 Å². The van der Waals surface area contributed by atoms with E-state index in [1.807, 2.05) is 6.92 Å². The van der Waals surface area contributed by atoms with Crippen molar-refractivity contribution in [3.8, 4) is 5.88 Å². The van der Waals surface area contributed by atoms with Crippen LogP contribution in [-0.4, -0.2) is 20.6 Å². The minimum absolute atomic E-state index is 0.00157. The smallest absolute Gasteiger partial charge is 0.426 e. The maximum Gasteiger partial charge on any atom is 0.426 e. The van der Waals surface area contributed by atoms with Gasteiger partial charge in [0.2, 0.25) is 6.33 Å². The highest BCUT2D eigenvalue weighted by Gasteiger charge is 2.30. The summed E-state index contributed by atoms with van der Waals surface area (Å²) >= 11 is 0. The first kappa shape index (κ1) is 7.08. The Bertz CT molecular complexity index is 333. The van der Waals surface area contributed by atoms with Gasteiger partial charge in [0.05, 0.1) is 6.54 Å². The second kappa shape index (κ2) is 2.20. The quantitative estimate of drug-likeness (QED) is 0.455. The molecule has 2 rings (SSSR count). The van der Waals surface area contributed by atoms with Crippen LogP contribution < -0.4 is 4.74 Å². The molecule has 12 heavy (non-hydrogen) atoms. The fraction of sp³-hybridized carbons (Fsp3) is 0.500. The fourth-order valence-electron chi connectivity index (χ4n) is 1.24. The molecule has 1 aromatic heterocycles. The summed E-state index contributed by atoms with van der Waals surface area (Å²) in [6.45, 7) is 2.49. The molecule has 1 unspecified atom stereocenters. The van der Waals surface area contributed by atoms with Crippen LogP contribution in [0.2, 0.25) is 0 Å². The first-order valence-electron chi connectivity index (χ1n) is 3.54. The van der Waals surface area contributed by atoms with Gasteiger partial charge in [0, 0.05) is 0 Å². The summed E-state index contributed by atoms with van der Waals surface area (Å²) in [7, 11) is 0. The van der Waals surface area contributed by atoms with Crippen molar-refractivity contribution < 1.29 is 9.66 Å². The standard InChI is InChI=1S/C6H7N3O3/c1-4-2-8-3-7-5(9(10)11)6(8)12-4/h3-4H,2H2,1H3. The number of imidazole rings is 1. The van der Waals surface area contributed by atoms with Crippen LogP contribution in [-0.2, 0) is 6.54 Å². The Morgan fingerprint density at radius 3 is 3.33 bits per heavy atom. The van der Waals surface area contributed by atoms with Gasteiger partial charge in [0.1, 0.15) is 6.10 Å². The lowest BCUT2D eigenvalue weighted by molar-refractivity contribution is -0.390. The van der Waals surface area contributed by atoms with Gasteiger partial charge >= 0.3 is 5.82 Å². The summed E-state index contributed by atoms with van der Waals surface area (Å²) in [6.07, 6.45) is 1.43. The van der Waals surface area contributed by atoms with Crippen molar-refractivity contribution in [2.24, 2.45) is 0 Å². The predicted octanol–water partition coefficient (Wildman–Crippen LogP) is 0.572. The molecule has 0 N–H and O–H groups in total. The summed E-state index contributed by atoms with van der Waals surface area (Å²) in [5, 5.41) is 10.4. The van der Waals surface area contributed by atoms with Gasteiger partial charge < -0.3 is 14.9 Å². The molecule has 0 aliphatic carbocycles. The second-order valence-electron chi connectivity index (χ2n) is 2.71. The Morgan fingerprint density at radius 1 is 1.92 bits per heavy atom. The van der Waals surface area contributed by atoms with E-state index in [1.54, 1.807) is 4.57 Å². The SMILES string of the molecule is CC1Cn2cnc([N+](=O)[O-])c2O1. The molecular weight excluding hydrogens is 162 g/mol. The number of hydrogen-bond acceptors (Lipinski definition) is 4. The van der Waals surface area contributed by atoms with Crippen molar-refractivity contribution >= 4 is 5.82 Å². The van der Waals surface area contributed by atoms with Gasteiger partial charge in [-0.05, 0) is 16.8 Å². The Labute approximate surface area is 67.9 Å². The van der Waals surface area contributed by atoms with Crippen molar-refractivity contribution in [1.82, 2.24) is 9.55 Å². The van der Waals surface area contributed by atoms with Crippen molar-refractivity contribution in [1.29, 1.82) is 0 Å². The number of nitrogens with zero attached hydrogens (tertiary/aromatic N) is 3. The van der Waals surface area contributed by atoms with Crippen molar-refractivity contribution in [3.63, 3.8) is 0 Å². The zero-order valence-corrected chi connectivity index (χ0v) is 6.43. The fourth-order valence-corrected chi connectivity index (χ4v) is 1.24. The van der Waals surface area contributed by atoms with E-state index in [9.17, 15) is 10.1 Å². The number of aromatic nitrogens is 2. The van der Waals surface area contributed by atoms with Crippen LogP contribution >= 0.6 is 0 Å². The highest BCUT2D eigenvalue weighted by atomic mass is 16.6. The summed E-state index contributed by atoms with van der Waals surface area (Å²) in [5.41, 5.74) is 0. The Kier molecular flexibility index (Phi) is 1.30. The molecule has 64 valence electrons. The number of hydrogen-bond donors (Lipinski definition) is 0. The normalized spacial score (nSPS) is 20.2. The number of fused-ring (bicyclic) bond motifs is 1. The molecule has 6 nitrogen and oxygen atoms in total. The number of rotatable bonds is 1. The third kappa shape index (κ3) is 0.843. The van der Waals surface area contributed by atoms with Gasteiger partial charge in [-0.15, -0.1) is 0 Å². The van der Waals surface area contributed by atoms with E-state index in [1.165, 1.54) is 6.33 Å². The molecule has 0 amide bonds. The third-order valence-electron chi connectivity index (χ3n) is 1.71. The molecule has 1 aliphatic heterocycles. The second-order valence-corrected chi connectivity index (χ2v) is 2.71. The van der Waals surface area contributed by atoms with E-state index in [0.717, 1.165) is 0 Å². The Balaban J connectivity index is 2.43. The largest absolute Gasteiger partial charge is 0.468 e. The zero-order valence-electron chi connectivity index (χ0n) is 6.43. The highest BCUT2D eigenvalue weighted by molar-refractivity contribution is 5.35. The lowest BCUT2D eigenvalue weighted by Crippen LogP contribution is -2.08. The van der Waals surface area contributed by atoms with E-state index in [-0.39, 0.29) is 17.8 Å². The third-order valence-corrected chi connectivity index (χ3v) is 1.71. The maximum atomic E-state index is 10.4. The van der Waals surface area contributed by atoms with Crippen LogP contribution in [0.3, 0.4) is 0 Å². The molecule has 6 heteroatoms. The van der Waals surface area contributed by atoms with E-state index in [0.29, 0.717) is 6.54 Å². The van der Waals surface area contributed by atoms with Crippen molar-refractivity contribution in [3.05, 3.63) is 16.4 Å². The molecule has 1 aliphatic rings. The van der Waals surface area contributed by atoms with Crippen LogP contribution in [0.15, 0.2) is 6.33 Å². The lowest BCUT2D eigenvalue weighted by Gasteiger charge is -1.98. The monoisotopic (exact) mass is 169 g/mol. The summed E-state index contributed by atoms with van der Waals surface area (Å²) in [6, 6.07) is 0. The summed E-state index contributed by atoms with van der Waals surface area (Å²) in [5.74, 6) is 0.0758. The van der Waals surface area contributed by atoms with Gasteiger partial charge in [-0.25, -0.2) is 0 Å².